The third-order valence-corrected chi connectivity index (χ3v) is 10.8. The topological polar surface area (TPSA) is 60.9 Å². The number of benzene rings is 7. The van der Waals surface area contributed by atoms with Crippen LogP contribution in [-0.2, 0) is 0 Å². The first-order chi connectivity index (χ1) is 25.8. The Morgan fingerprint density at radius 3 is 2.12 bits per heavy atom. The van der Waals surface area contributed by atoms with Gasteiger partial charge < -0.3 is 4.40 Å². The lowest BCUT2D eigenvalue weighted by molar-refractivity contribution is 0.972. The summed E-state index contributed by atoms with van der Waals surface area (Å²) < 4.78 is 4.79. The second kappa shape index (κ2) is 10.2. The van der Waals surface area contributed by atoms with Crippen molar-refractivity contribution in [3.05, 3.63) is 158 Å². The van der Waals surface area contributed by atoms with Crippen LogP contribution in [0.25, 0.3) is 110 Å². The van der Waals surface area contributed by atoms with Gasteiger partial charge in [0.1, 0.15) is 0 Å². The van der Waals surface area contributed by atoms with Gasteiger partial charge in [-0.1, -0.05) is 109 Å². The maximum Gasteiger partial charge on any atom is 0.168 e. The van der Waals surface area contributed by atoms with E-state index in [1.807, 2.05) is 30.6 Å². The molecule has 12 rings (SSSR count). The molecule has 5 aromatic heterocycles. The van der Waals surface area contributed by atoms with E-state index in [9.17, 15) is 0 Å². The van der Waals surface area contributed by atoms with Crippen LogP contribution in [0.15, 0.2) is 158 Å². The van der Waals surface area contributed by atoms with Crippen LogP contribution in [-0.4, -0.2) is 29.1 Å². The number of nitrogens with zero attached hydrogens (tertiary/aromatic N) is 6. The van der Waals surface area contributed by atoms with Crippen molar-refractivity contribution in [1.82, 2.24) is 29.1 Å². The number of para-hydroxylation sites is 1. The zero-order chi connectivity index (χ0) is 33.9. The van der Waals surface area contributed by atoms with Crippen LogP contribution >= 0.6 is 0 Å². The van der Waals surface area contributed by atoms with Crippen molar-refractivity contribution >= 4 is 70.8 Å². The average molecular weight is 663 g/mol. The summed E-state index contributed by atoms with van der Waals surface area (Å²) in [6.07, 6.45) is 3.85. The molecule has 0 unspecified atom stereocenters. The minimum Gasteiger partial charge on any atom is -0.308 e. The van der Waals surface area contributed by atoms with E-state index in [2.05, 4.69) is 141 Å². The Morgan fingerprint density at radius 2 is 1.23 bits per heavy atom. The molecule has 0 spiro atoms. The molecule has 240 valence electrons. The first-order valence-corrected chi connectivity index (χ1v) is 17.5. The van der Waals surface area contributed by atoms with Gasteiger partial charge in [0.15, 0.2) is 11.6 Å². The highest BCUT2D eigenvalue weighted by atomic mass is 15.2. The van der Waals surface area contributed by atoms with Crippen molar-refractivity contribution in [1.29, 1.82) is 0 Å². The fraction of sp³-hybridized carbons (Fsp3) is 0. The number of rotatable bonds is 4. The minimum atomic E-state index is 0.719. The Bertz CT molecular complexity index is 3340. The molecule has 0 bridgehead atoms. The van der Waals surface area contributed by atoms with Gasteiger partial charge in [0.05, 0.1) is 39.3 Å². The monoisotopic (exact) mass is 662 g/mol. The van der Waals surface area contributed by atoms with E-state index in [4.69, 9.17) is 15.1 Å². The van der Waals surface area contributed by atoms with Gasteiger partial charge in [-0.2, -0.15) is 5.10 Å². The summed E-state index contributed by atoms with van der Waals surface area (Å²) in [5.41, 5.74) is 12.3. The lowest BCUT2D eigenvalue weighted by Crippen LogP contribution is -2.01. The van der Waals surface area contributed by atoms with E-state index >= 15 is 0 Å². The molecule has 0 aliphatic heterocycles. The summed E-state index contributed by atoms with van der Waals surface area (Å²) >= 11 is 0. The Balaban J connectivity index is 1.22. The van der Waals surface area contributed by atoms with Crippen LogP contribution < -0.4 is 0 Å². The van der Waals surface area contributed by atoms with E-state index in [0.29, 0.717) is 0 Å². The van der Waals surface area contributed by atoms with Gasteiger partial charge in [-0.25, -0.2) is 9.97 Å². The van der Waals surface area contributed by atoms with Gasteiger partial charge in [-0.3, -0.25) is 4.57 Å². The van der Waals surface area contributed by atoms with Crippen LogP contribution in [0.5, 0.6) is 0 Å². The molecular weight excluding hydrogens is 637 g/mol. The van der Waals surface area contributed by atoms with Crippen LogP contribution in [0.4, 0.5) is 0 Å². The van der Waals surface area contributed by atoms with Crippen LogP contribution in [0.2, 0.25) is 0 Å². The maximum atomic E-state index is 5.06. The molecule has 0 aliphatic carbocycles. The summed E-state index contributed by atoms with van der Waals surface area (Å²) in [6, 6.07) is 51.4. The van der Waals surface area contributed by atoms with Crippen molar-refractivity contribution in [3.63, 3.8) is 0 Å². The number of fused-ring (bicyclic) bond motifs is 6. The molecular formula is C46H26N6. The quantitative estimate of drug-likeness (QED) is 0.188. The molecule has 0 amide bonds. The second-order valence-corrected chi connectivity index (χ2v) is 13.5. The van der Waals surface area contributed by atoms with Crippen molar-refractivity contribution in [2.75, 3.05) is 0 Å². The van der Waals surface area contributed by atoms with Crippen molar-refractivity contribution in [2.24, 2.45) is 0 Å². The van der Waals surface area contributed by atoms with Crippen molar-refractivity contribution in [2.45, 2.75) is 0 Å². The van der Waals surface area contributed by atoms with E-state index in [1.54, 1.807) is 0 Å². The Hall–Kier alpha value is -7.18. The predicted octanol–water partition coefficient (Wildman–Crippen LogP) is 11.1. The molecule has 0 fully saturated rings. The third-order valence-electron chi connectivity index (χ3n) is 10.8. The van der Waals surface area contributed by atoms with Gasteiger partial charge in [0.2, 0.25) is 0 Å². The molecule has 0 atom stereocenters. The summed E-state index contributed by atoms with van der Waals surface area (Å²) in [6.45, 7) is 0. The Morgan fingerprint density at radius 1 is 0.462 bits per heavy atom. The fourth-order valence-corrected chi connectivity index (χ4v) is 8.61. The predicted molar refractivity (Wildman–Crippen MR) is 212 cm³/mol. The van der Waals surface area contributed by atoms with Crippen molar-refractivity contribution in [3.8, 4) is 39.5 Å². The Labute approximate surface area is 296 Å². The SMILES string of the molecule is c1ccc(-c2ccc3cnnc(-n4c5cccc6c5c5c4cc(-c4cccc7nc(-c8ccccc8)ncc47)c4c7ccccc7n6c45)c3c2)cc1. The molecule has 52 heavy (non-hydrogen) atoms. The van der Waals surface area contributed by atoms with E-state index in [0.717, 1.165) is 66.6 Å². The highest BCUT2D eigenvalue weighted by molar-refractivity contribution is 6.35. The normalized spacial score (nSPS) is 12.2. The third kappa shape index (κ3) is 3.62. The fourth-order valence-electron chi connectivity index (χ4n) is 8.61. The lowest BCUT2D eigenvalue weighted by Gasteiger charge is -2.14. The number of hydrogen-bond acceptors (Lipinski definition) is 4. The smallest absolute Gasteiger partial charge is 0.168 e. The molecule has 5 heterocycles. The second-order valence-electron chi connectivity index (χ2n) is 13.5. The zero-order valence-corrected chi connectivity index (χ0v) is 27.7. The van der Waals surface area contributed by atoms with E-state index < -0.39 is 0 Å². The van der Waals surface area contributed by atoms with Gasteiger partial charge in [-0.15, -0.1) is 5.10 Å². The lowest BCUT2D eigenvalue weighted by atomic mass is 9.94. The standard InChI is InChI=1S/C46H26N6/c1-3-11-27(12-4-1)29-21-22-30-25-48-50-46(33(30)23-29)52-39-20-10-19-38-42(39)43-40(52)24-34(41-32-15-7-8-18-37(32)51(38)44(41)43)31-16-9-17-36-35(31)26-47-45(49-36)28-13-5-2-6-14-28/h1-26H. The molecule has 0 saturated heterocycles. The molecule has 0 aliphatic rings. The summed E-state index contributed by atoms with van der Waals surface area (Å²) in [5.74, 6) is 1.53. The van der Waals surface area contributed by atoms with Crippen LogP contribution in [0.3, 0.4) is 0 Å². The first-order valence-electron chi connectivity index (χ1n) is 17.5. The zero-order valence-electron chi connectivity index (χ0n) is 27.7. The highest BCUT2D eigenvalue weighted by Gasteiger charge is 2.28. The molecule has 7 aromatic carbocycles. The Kier molecular flexibility index (Phi) is 5.41. The number of hydrogen-bond donors (Lipinski definition) is 0. The van der Waals surface area contributed by atoms with E-state index in [-0.39, 0.29) is 0 Å². The largest absolute Gasteiger partial charge is 0.308 e. The van der Waals surface area contributed by atoms with Crippen LogP contribution in [0, 0.1) is 0 Å². The first kappa shape index (κ1) is 27.6. The van der Waals surface area contributed by atoms with E-state index in [1.165, 1.54) is 43.7 Å². The minimum absolute atomic E-state index is 0.719. The van der Waals surface area contributed by atoms with Gasteiger partial charge in [0.25, 0.3) is 0 Å². The average Bonchev–Trinajstić information content (AvgIpc) is 3.86. The van der Waals surface area contributed by atoms with Gasteiger partial charge >= 0.3 is 0 Å². The molecule has 6 nitrogen and oxygen atoms in total. The number of aromatic nitrogens is 6. The summed E-state index contributed by atoms with van der Waals surface area (Å²) in [4.78, 5) is 9.96. The van der Waals surface area contributed by atoms with Gasteiger partial charge in [0, 0.05) is 49.5 Å². The highest BCUT2D eigenvalue weighted by Crippen LogP contribution is 2.50. The van der Waals surface area contributed by atoms with Crippen molar-refractivity contribution < 1.29 is 0 Å². The van der Waals surface area contributed by atoms with Crippen LogP contribution in [0.1, 0.15) is 0 Å². The molecule has 6 heteroatoms. The molecule has 0 N–H and O–H groups in total. The van der Waals surface area contributed by atoms with Gasteiger partial charge in [-0.05, 0) is 58.7 Å². The summed E-state index contributed by atoms with van der Waals surface area (Å²) in [7, 11) is 0. The maximum absolute atomic E-state index is 5.06. The molecule has 0 saturated carbocycles. The molecule has 0 radical (unpaired) electrons. The molecule has 12 aromatic rings. The summed E-state index contributed by atoms with van der Waals surface area (Å²) in [5, 5.41) is 17.5.